The van der Waals surface area contributed by atoms with Gasteiger partial charge in [0, 0.05) is 6.54 Å². The highest BCUT2D eigenvalue weighted by Gasteiger charge is 2.15. The number of nitrogens with one attached hydrogen (secondary N) is 2. The summed E-state index contributed by atoms with van der Waals surface area (Å²) in [5.41, 5.74) is 0. The highest BCUT2D eigenvalue weighted by atomic mass is 16.5. The summed E-state index contributed by atoms with van der Waals surface area (Å²) in [6.45, 7) is 6.96. The van der Waals surface area contributed by atoms with Crippen LogP contribution in [0.15, 0.2) is 0 Å². The van der Waals surface area contributed by atoms with Crippen molar-refractivity contribution in [3.8, 4) is 0 Å². The third kappa shape index (κ3) is 9.32. The molecular weight excluding hydrogens is 262 g/mol. The van der Waals surface area contributed by atoms with E-state index in [1.807, 2.05) is 20.8 Å². The van der Waals surface area contributed by atoms with Crippen molar-refractivity contribution in [2.75, 3.05) is 33.3 Å². The lowest BCUT2D eigenvalue weighted by Gasteiger charge is -2.19. The first-order valence-electron chi connectivity index (χ1n) is 6.75. The first kappa shape index (κ1) is 18.4. The minimum atomic E-state index is -0.516. The second kappa shape index (κ2) is 10.2. The largest absolute Gasteiger partial charge is 0.468 e. The molecule has 7 heteroatoms. The fraction of sp³-hybridized carbons (Fsp3) is 0.769. The van der Waals surface area contributed by atoms with Gasteiger partial charge in [0.2, 0.25) is 5.91 Å². The van der Waals surface area contributed by atoms with E-state index in [-0.39, 0.29) is 13.1 Å². The molecule has 0 radical (unpaired) electrons. The Kier molecular flexibility index (Phi) is 9.36. The third-order valence-corrected chi connectivity index (χ3v) is 2.41. The van der Waals surface area contributed by atoms with Crippen LogP contribution in [0.5, 0.6) is 0 Å². The van der Waals surface area contributed by atoms with Gasteiger partial charge < -0.3 is 10.1 Å². The predicted octanol–water partition coefficient (Wildman–Crippen LogP) is 0.353. The fourth-order valence-corrected chi connectivity index (χ4v) is 1.49. The second-order valence-corrected chi connectivity index (χ2v) is 4.94. The molecule has 0 unspecified atom stereocenters. The van der Waals surface area contributed by atoms with Crippen molar-refractivity contribution < 1.29 is 19.1 Å². The van der Waals surface area contributed by atoms with E-state index in [9.17, 15) is 14.4 Å². The molecule has 0 saturated carbocycles. The van der Waals surface area contributed by atoms with Crippen LogP contribution in [-0.4, -0.2) is 56.1 Å². The van der Waals surface area contributed by atoms with Crippen LogP contribution in [0.4, 0.5) is 4.79 Å². The Morgan fingerprint density at radius 3 is 2.35 bits per heavy atom. The molecule has 0 saturated heterocycles. The van der Waals surface area contributed by atoms with Gasteiger partial charge in [0.1, 0.15) is 0 Å². The third-order valence-electron chi connectivity index (χ3n) is 2.41. The summed E-state index contributed by atoms with van der Waals surface area (Å²) >= 11 is 0. The van der Waals surface area contributed by atoms with Crippen molar-refractivity contribution in [1.82, 2.24) is 15.5 Å². The van der Waals surface area contributed by atoms with Crippen molar-refractivity contribution in [3.05, 3.63) is 0 Å². The summed E-state index contributed by atoms with van der Waals surface area (Å²) in [6, 6.07) is -0.516. The van der Waals surface area contributed by atoms with E-state index >= 15 is 0 Å². The number of urea groups is 1. The van der Waals surface area contributed by atoms with E-state index < -0.39 is 17.9 Å². The number of amides is 3. The molecule has 0 aliphatic heterocycles. The molecule has 0 atom stereocenters. The Labute approximate surface area is 120 Å². The molecule has 0 aromatic heterocycles. The van der Waals surface area contributed by atoms with Gasteiger partial charge in [-0.2, -0.15) is 0 Å². The Bertz CT molecular complexity index is 332. The molecule has 0 rings (SSSR count). The Morgan fingerprint density at radius 1 is 1.20 bits per heavy atom. The first-order valence-corrected chi connectivity index (χ1v) is 6.75. The number of hydrogen-bond donors (Lipinski definition) is 2. The van der Waals surface area contributed by atoms with Gasteiger partial charge in [-0.05, 0) is 18.9 Å². The van der Waals surface area contributed by atoms with Crippen molar-refractivity contribution in [1.29, 1.82) is 0 Å². The number of carbonyl (C=O) groups is 3. The summed E-state index contributed by atoms with van der Waals surface area (Å²) in [5, 5.41) is 4.82. The highest BCUT2D eigenvalue weighted by molar-refractivity contribution is 5.95. The maximum atomic E-state index is 11.7. The maximum absolute atomic E-state index is 11.7. The molecular formula is C13H25N3O4. The summed E-state index contributed by atoms with van der Waals surface area (Å²) in [6.07, 6.45) is 0.795. The maximum Gasteiger partial charge on any atom is 0.321 e. The van der Waals surface area contributed by atoms with Crippen LogP contribution in [0, 0.1) is 5.92 Å². The number of nitrogens with zero attached hydrogens (tertiary/aromatic N) is 1. The monoisotopic (exact) mass is 287 g/mol. The van der Waals surface area contributed by atoms with Crippen molar-refractivity contribution in [2.45, 2.75) is 27.2 Å². The Morgan fingerprint density at radius 2 is 1.85 bits per heavy atom. The zero-order valence-electron chi connectivity index (χ0n) is 12.7. The Balaban J connectivity index is 4.17. The van der Waals surface area contributed by atoms with Crippen LogP contribution in [0.1, 0.15) is 27.2 Å². The molecule has 7 nitrogen and oxygen atoms in total. The van der Waals surface area contributed by atoms with Crippen molar-refractivity contribution in [2.24, 2.45) is 5.92 Å². The molecule has 116 valence electrons. The van der Waals surface area contributed by atoms with Crippen LogP contribution in [0.3, 0.4) is 0 Å². The van der Waals surface area contributed by atoms with E-state index in [0.717, 1.165) is 6.42 Å². The van der Waals surface area contributed by atoms with Gasteiger partial charge in [-0.1, -0.05) is 20.8 Å². The second-order valence-electron chi connectivity index (χ2n) is 4.94. The van der Waals surface area contributed by atoms with E-state index in [1.165, 1.54) is 7.11 Å². The summed E-state index contributed by atoms with van der Waals surface area (Å²) in [4.78, 5) is 35.9. The van der Waals surface area contributed by atoms with Crippen LogP contribution >= 0.6 is 0 Å². The molecule has 2 N–H and O–H groups in total. The topological polar surface area (TPSA) is 87.7 Å². The quantitative estimate of drug-likeness (QED) is 0.629. The zero-order chi connectivity index (χ0) is 15.5. The van der Waals surface area contributed by atoms with E-state index in [2.05, 4.69) is 15.4 Å². The molecule has 0 bridgehead atoms. The average Bonchev–Trinajstić information content (AvgIpc) is 2.36. The van der Waals surface area contributed by atoms with Crippen LogP contribution in [-0.2, 0) is 14.3 Å². The number of imide groups is 1. The van der Waals surface area contributed by atoms with Crippen LogP contribution < -0.4 is 10.6 Å². The van der Waals surface area contributed by atoms with Gasteiger partial charge in [0.25, 0.3) is 0 Å². The van der Waals surface area contributed by atoms with Gasteiger partial charge in [-0.25, -0.2) is 4.79 Å². The minimum Gasteiger partial charge on any atom is -0.468 e. The number of hydrogen-bond acceptors (Lipinski definition) is 5. The van der Waals surface area contributed by atoms with Crippen LogP contribution in [0.2, 0.25) is 0 Å². The molecule has 0 heterocycles. The number of methoxy groups -OCH3 is 1. The lowest BCUT2D eigenvalue weighted by Crippen LogP contribution is -2.46. The smallest absolute Gasteiger partial charge is 0.321 e. The normalized spacial score (nSPS) is 10.5. The van der Waals surface area contributed by atoms with Gasteiger partial charge in [-0.15, -0.1) is 0 Å². The molecule has 0 aromatic carbocycles. The fourth-order valence-electron chi connectivity index (χ4n) is 1.49. The molecule has 3 amide bonds. The van der Waals surface area contributed by atoms with E-state index in [4.69, 9.17) is 0 Å². The zero-order valence-corrected chi connectivity index (χ0v) is 12.7. The molecule has 0 aliphatic rings. The minimum absolute atomic E-state index is 0.0158. The van der Waals surface area contributed by atoms with Gasteiger partial charge >= 0.3 is 12.0 Å². The summed E-state index contributed by atoms with van der Waals surface area (Å²) < 4.78 is 4.56. The summed E-state index contributed by atoms with van der Waals surface area (Å²) in [7, 11) is 1.30. The van der Waals surface area contributed by atoms with Crippen molar-refractivity contribution >= 4 is 17.9 Å². The highest BCUT2D eigenvalue weighted by Crippen LogP contribution is 1.93. The lowest BCUT2D eigenvalue weighted by molar-refractivity contribution is -0.142. The van der Waals surface area contributed by atoms with Gasteiger partial charge in [-0.3, -0.25) is 19.8 Å². The number of rotatable bonds is 8. The summed E-state index contributed by atoms with van der Waals surface area (Å²) in [5.74, 6) is -0.536. The van der Waals surface area contributed by atoms with E-state index in [1.54, 1.807) is 4.90 Å². The predicted molar refractivity (Wildman–Crippen MR) is 75.1 cm³/mol. The van der Waals surface area contributed by atoms with E-state index in [0.29, 0.717) is 19.0 Å². The number of esters is 1. The standard InChI is InChI=1S/C13H25N3O4/c1-5-6-16(9-12(18)20-4)8-11(17)15-13(19)14-7-10(2)3/h10H,5-9H2,1-4H3,(H2,14,15,17,19). The first-order chi connectivity index (χ1) is 9.38. The Hall–Kier alpha value is -1.63. The molecule has 0 aromatic rings. The molecule has 0 spiro atoms. The number of carbonyl (C=O) groups excluding carboxylic acids is 3. The van der Waals surface area contributed by atoms with Crippen LogP contribution in [0.25, 0.3) is 0 Å². The molecule has 0 fully saturated rings. The molecule has 0 aliphatic carbocycles. The average molecular weight is 287 g/mol. The van der Waals surface area contributed by atoms with Gasteiger partial charge in [0.15, 0.2) is 0 Å². The van der Waals surface area contributed by atoms with Gasteiger partial charge in [0.05, 0.1) is 20.2 Å². The number of ether oxygens (including phenoxy) is 1. The SMILES string of the molecule is CCCN(CC(=O)NC(=O)NCC(C)C)CC(=O)OC. The van der Waals surface area contributed by atoms with Crippen molar-refractivity contribution in [3.63, 3.8) is 0 Å². The lowest BCUT2D eigenvalue weighted by atomic mass is 10.2. The molecule has 20 heavy (non-hydrogen) atoms.